The molecule has 2 aromatic heterocycles. The molecule has 9 nitrogen and oxygen atoms in total. The Kier molecular flexibility index (Phi) is 8.14. The van der Waals surface area contributed by atoms with E-state index >= 15 is 4.39 Å². The van der Waals surface area contributed by atoms with Gasteiger partial charge in [-0.2, -0.15) is 0 Å². The van der Waals surface area contributed by atoms with Gasteiger partial charge in [-0.15, -0.1) is 0 Å². The van der Waals surface area contributed by atoms with Gasteiger partial charge in [0, 0.05) is 4.75 Å². The number of anilines is 1. The van der Waals surface area contributed by atoms with Crippen molar-refractivity contribution in [2.75, 3.05) is 12.3 Å². The van der Waals surface area contributed by atoms with E-state index in [1.54, 1.807) is 15.9 Å². The summed E-state index contributed by atoms with van der Waals surface area (Å²) >= 11 is 7.62. The van der Waals surface area contributed by atoms with Crippen LogP contribution in [0, 0.1) is 5.92 Å². The highest BCUT2D eigenvalue weighted by Gasteiger charge is 2.57. The van der Waals surface area contributed by atoms with Crippen molar-refractivity contribution in [1.82, 2.24) is 19.5 Å². The molecular formula is C26H41FN5O4PS2Si. The molecule has 0 amide bonds. The minimum absolute atomic E-state index is 0.0216. The summed E-state index contributed by atoms with van der Waals surface area (Å²) in [5.74, 6) is 0.612. The maximum Gasteiger partial charge on any atom is 0.248 e. The van der Waals surface area contributed by atoms with E-state index in [1.165, 1.54) is 12.7 Å². The van der Waals surface area contributed by atoms with Crippen LogP contribution in [0.25, 0.3) is 11.2 Å². The minimum Gasteiger partial charge on any atom is -0.414 e. The first-order valence-electron chi connectivity index (χ1n) is 13.7. The molecule has 1 aliphatic carbocycles. The number of allylic oxidation sites excluding steroid dienone is 1. The number of rotatable bonds is 7. The lowest BCUT2D eigenvalue weighted by atomic mass is 9.77. The number of hydrogen-bond acceptors (Lipinski definition) is 10. The second kappa shape index (κ2) is 10.7. The topological polar surface area (TPSA) is 107 Å². The van der Waals surface area contributed by atoms with Gasteiger partial charge in [-0.25, -0.2) is 19.3 Å². The van der Waals surface area contributed by atoms with Crippen LogP contribution in [0.15, 0.2) is 24.8 Å². The van der Waals surface area contributed by atoms with Crippen molar-refractivity contribution >= 4 is 54.2 Å². The van der Waals surface area contributed by atoms with Crippen molar-refractivity contribution in [2.24, 2.45) is 5.92 Å². The monoisotopic (exact) mass is 629 g/mol. The van der Waals surface area contributed by atoms with Crippen LogP contribution in [0.5, 0.6) is 0 Å². The lowest BCUT2D eigenvalue weighted by Crippen LogP contribution is -2.44. The Morgan fingerprint density at radius 2 is 2.10 bits per heavy atom. The van der Waals surface area contributed by atoms with Gasteiger partial charge in [0.2, 0.25) is 5.69 Å². The zero-order valence-electron chi connectivity index (χ0n) is 24.3. The van der Waals surface area contributed by atoms with E-state index in [1.807, 2.05) is 0 Å². The van der Waals surface area contributed by atoms with E-state index in [-0.39, 0.29) is 28.3 Å². The Bertz CT molecular complexity index is 1340. The van der Waals surface area contributed by atoms with Gasteiger partial charge in [-0.3, -0.25) is 4.57 Å². The van der Waals surface area contributed by atoms with Gasteiger partial charge < -0.3 is 23.9 Å². The largest absolute Gasteiger partial charge is 0.414 e. The number of aromatic nitrogens is 4. The van der Waals surface area contributed by atoms with Gasteiger partial charge in [-0.05, 0) is 69.0 Å². The van der Waals surface area contributed by atoms with E-state index in [2.05, 4.69) is 69.2 Å². The molecule has 0 unspecified atom stereocenters. The van der Waals surface area contributed by atoms with E-state index in [4.69, 9.17) is 35.8 Å². The van der Waals surface area contributed by atoms with Crippen molar-refractivity contribution in [1.29, 1.82) is 0 Å². The molecule has 0 spiro atoms. The number of nitrogens with two attached hydrogens (primary N) is 1. The Hall–Kier alpha value is -0.923. The number of hydrogen-bond donors (Lipinski definition) is 1. The first-order valence-corrected chi connectivity index (χ1v) is 20.7. The lowest BCUT2D eigenvalue weighted by Gasteiger charge is -2.37. The summed E-state index contributed by atoms with van der Waals surface area (Å²) in [6, 6.07) is 0. The molecule has 14 heteroatoms. The lowest BCUT2D eigenvalue weighted by molar-refractivity contribution is -0.0413. The maximum absolute atomic E-state index is 16.5. The molecule has 1 saturated carbocycles. The van der Waals surface area contributed by atoms with E-state index in [9.17, 15) is 0 Å². The molecule has 3 aliphatic rings. The molecule has 3 fully saturated rings. The van der Waals surface area contributed by atoms with Gasteiger partial charge >= 0.3 is 0 Å². The molecular weight excluding hydrogens is 589 g/mol. The summed E-state index contributed by atoms with van der Waals surface area (Å²) in [7, 11) is -2.16. The van der Waals surface area contributed by atoms with Crippen molar-refractivity contribution in [3.05, 3.63) is 24.8 Å². The molecule has 4 heterocycles. The highest BCUT2D eigenvalue weighted by molar-refractivity contribution is 8.68. The Morgan fingerprint density at radius 1 is 1.38 bits per heavy atom. The molecule has 0 aromatic carbocycles. The van der Waals surface area contributed by atoms with Crippen molar-refractivity contribution < 1.29 is 22.6 Å². The van der Waals surface area contributed by atoms with Crippen LogP contribution in [0.4, 0.5) is 10.2 Å². The maximum atomic E-state index is 16.5. The normalized spacial score (nSPS) is 36.7. The predicted octanol–water partition coefficient (Wildman–Crippen LogP) is 6.54. The summed E-state index contributed by atoms with van der Waals surface area (Å²) in [4.78, 5) is 12.6. The Morgan fingerprint density at radius 3 is 2.77 bits per heavy atom. The van der Waals surface area contributed by atoms with Crippen LogP contribution < -0.4 is 5.73 Å². The van der Waals surface area contributed by atoms with Crippen LogP contribution in [-0.2, 0) is 30.0 Å². The quantitative estimate of drug-likeness (QED) is 0.206. The van der Waals surface area contributed by atoms with Gasteiger partial charge in [-0.1, -0.05) is 44.3 Å². The molecule has 0 radical (unpaired) electrons. The molecule has 222 valence electrons. The van der Waals surface area contributed by atoms with Crippen LogP contribution in [0.1, 0.15) is 60.1 Å². The van der Waals surface area contributed by atoms with Crippen molar-refractivity contribution in [2.45, 2.75) is 107 Å². The minimum atomic E-state index is -2.89. The van der Waals surface area contributed by atoms with Crippen LogP contribution >= 0.6 is 17.1 Å². The average Bonchev–Trinajstić information content (AvgIpc) is 3.48. The highest BCUT2D eigenvalue weighted by atomic mass is 32.9. The predicted molar refractivity (Wildman–Crippen MR) is 164 cm³/mol. The summed E-state index contributed by atoms with van der Waals surface area (Å²) in [5, 5.41) is -0.0216. The molecule has 0 bridgehead atoms. The van der Waals surface area contributed by atoms with Gasteiger partial charge in [0.15, 0.2) is 32.2 Å². The van der Waals surface area contributed by atoms with Crippen LogP contribution in [-0.4, -0.2) is 63.7 Å². The van der Waals surface area contributed by atoms with E-state index < -0.39 is 38.6 Å². The SMILES string of the molecule is C=C(C)[C@H]1CC[C@@]2(C)S[P@@](=S)(O[C@H]3[C@@H](F)[C@H](n4cnc5c(N)ncnc54)O[C@@H]3CO[Si](C)(C)C(C)(C)C)O[C@@H]2C1. The van der Waals surface area contributed by atoms with Gasteiger partial charge in [0.1, 0.15) is 24.1 Å². The summed E-state index contributed by atoms with van der Waals surface area (Å²) in [5.41, 5.74) is 5.03. The molecule has 2 N–H and O–H groups in total. The van der Waals surface area contributed by atoms with E-state index in [0.29, 0.717) is 17.1 Å². The summed E-state index contributed by atoms with van der Waals surface area (Å²) in [6.07, 6.45) is 1.30. The number of nitrogen functional groups attached to an aromatic ring is 1. The summed E-state index contributed by atoms with van der Waals surface area (Å²) in [6.45, 7) is 19.4. The third-order valence-corrected chi connectivity index (χ3v) is 19.3. The fraction of sp³-hybridized carbons (Fsp3) is 0.731. The fourth-order valence-electron chi connectivity index (χ4n) is 5.32. The molecule has 2 saturated heterocycles. The second-order valence-corrected chi connectivity index (χ2v) is 24.4. The fourth-order valence-corrected chi connectivity index (χ4v) is 13.9. The summed E-state index contributed by atoms with van der Waals surface area (Å²) < 4.78 is 43.8. The van der Waals surface area contributed by atoms with Crippen LogP contribution in [0.3, 0.4) is 0 Å². The molecule has 2 aliphatic heterocycles. The number of ether oxygens (including phenoxy) is 1. The molecule has 5 rings (SSSR count). The second-order valence-electron chi connectivity index (χ2n) is 13.0. The number of halogens is 1. The Balaban J connectivity index is 1.42. The standard InChI is InChI=1S/C26H41FN5O4PS2Si/c1-15(2)16-9-10-26(6)18(11-16)35-37(38,39-26)36-21-17(12-33-40(7,8)25(3,4)5)34-24(19(21)27)32-14-31-20-22(28)29-13-30-23(20)32/h13-14,16-19,21,24H,1,9-12H2,2-8H3,(H2,28,29,30)/t16-,17+,18+,19+,21+,24+,26+,37+/m0/s1. The highest BCUT2D eigenvalue weighted by Crippen LogP contribution is 2.76. The number of alkyl halides is 1. The number of nitrogens with zero attached hydrogens (tertiary/aromatic N) is 4. The molecule has 8 atom stereocenters. The first-order chi connectivity index (χ1) is 18.5. The third-order valence-electron chi connectivity index (χ3n) is 9.04. The third kappa shape index (κ3) is 5.57. The zero-order chi connectivity index (χ0) is 29.3. The van der Waals surface area contributed by atoms with Crippen LogP contribution in [0.2, 0.25) is 18.1 Å². The number of fused-ring (bicyclic) bond motifs is 2. The Labute approximate surface area is 246 Å². The van der Waals surface area contributed by atoms with Crippen molar-refractivity contribution in [3.63, 3.8) is 0 Å². The molecule has 2 aromatic rings. The first kappa shape index (κ1) is 30.5. The van der Waals surface area contributed by atoms with Gasteiger partial charge in [0.05, 0.1) is 19.0 Å². The zero-order valence-corrected chi connectivity index (χ0v) is 27.8. The molecule has 40 heavy (non-hydrogen) atoms. The van der Waals surface area contributed by atoms with Crippen molar-refractivity contribution in [3.8, 4) is 0 Å². The van der Waals surface area contributed by atoms with E-state index in [0.717, 1.165) is 24.8 Å². The average molecular weight is 630 g/mol. The smallest absolute Gasteiger partial charge is 0.248 e. The number of imidazole rings is 1. The van der Waals surface area contributed by atoms with Gasteiger partial charge in [0.25, 0.3) is 0 Å².